The lowest BCUT2D eigenvalue weighted by atomic mass is 9.94. The van der Waals surface area contributed by atoms with E-state index in [-0.39, 0.29) is 0 Å². The Labute approximate surface area is 218 Å². The minimum absolute atomic E-state index is 0.926. The zero-order valence-electron chi connectivity index (χ0n) is 20.3. The minimum atomic E-state index is 0.926. The molecule has 4 heteroatoms. The number of nitrogens with zero attached hydrogens (tertiary/aromatic N) is 4. The predicted octanol–water partition coefficient (Wildman–Crippen LogP) is 8.37. The van der Waals surface area contributed by atoms with Crippen LogP contribution in [0, 0.1) is 0 Å². The van der Waals surface area contributed by atoms with Crippen LogP contribution in [0.5, 0.6) is 0 Å². The second-order valence-electron chi connectivity index (χ2n) is 9.53. The molecule has 0 aliphatic heterocycles. The standard InChI is InChI=1S/C34H20N4/c1-2-8-29-26(7-1)30(27-17-15-24-6-4-20-36-32(24)34(27)38-29)22-11-9-21(10-12-22)28-18-16-25-14-13-23-5-3-19-35-31(23)33(25)37-28/h1-20H. The van der Waals surface area contributed by atoms with E-state index in [0.29, 0.717) is 0 Å². The van der Waals surface area contributed by atoms with E-state index in [2.05, 4.69) is 101 Å². The average Bonchev–Trinajstić information content (AvgIpc) is 2.99. The molecule has 4 aromatic heterocycles. The summed E-state index contributed by atoms with van der Waals surface area (Å²) in [6.07, 6.45) is 3.66. The number of para-hydroxylation sites is 1. The molecule has 4 aromatic carbocycles. The lowest BCUT2D eigenvalue weighted by molar-refractivity contribution is 1.37. The van der Waals surface area contributed by atoms with Crippen molar-refractivity contribution in [2.75, 3.05) is 0 Å². The van der Waals surface area contributed by atoms with Gasteiger partial charge in [0.2, 0.25) is 0 Å². The quantitative estimate of drug-likeness (QED) is 0.183. The van der Waals surface area contributed by atoms with Crippen LogP contribution >= 0.6 is 0 Å². The number of fused-ring (bicyclic) bond motifs is 7. The van der Waals surface area contributed by atoms with Gasteiger partial charge in [0.05, 0.1) is 33.3 Å². The highest BCUT2D eigenvalue weighted by Crippen LogP contribution is 2.37. The fourth-order valence-electron chi connectivity index (χ4n) is 5.50. The molecule has 0 spiro atoms. The van der Waals surface area contributed by atoms with Crippen LogP contribution < -0.4 is 0 Å². The normalized spacial score (nSPS) is 11.7. The molecule has 0 radical (unpaired) electrons. The van der Waals surface area contributed by atoms with Gasteiger partial charge < -0.3 is 0 Å². The number of pyridine rings is 4. The Kier molecular flexibility index (Phi) is 4.49. The van der Waals surface area contributed by atoms with E-state index in [1.165, 1.54) is 5.56 Å². The number of aromatic nitrogens is 4. The Morgan fingerprint density at radius 3 is 1.82 bits per heavy atom. The molecule has 0 atom stereocenters. The SMILES string of the molecule is c1cnc2c(c1)ccc1ccc(-c3ccc(-c4c5ccccc5nc5c4ccc4cccnc45)cc3)nc12. The average molecular weight is 485 g/mol. The molecule has 0 saturated heterocycles. The van der Waals surface area contributed by atoms with Gasteiger partial charge in [-0.3, -0.25) is 9.97 Å². The molecule has 4 heterocycles. The highest BCUT2D eigenvalue weighted by Gasteiger charge is 2.14. The number of benzene rings is 4. The smallest absolute Gasteiger partial charge is 0.0978 e. The first kappa shape index (κ1) is 20.9. The maximum absolute atomic E-state index is 5.03. The molecule has 0 amide bonds. The summed E-state index contributed by atoms with van der Waals surface area (Å²) in [7, 11) is 0. The van der Waals surface area contributed by atoms with E-state index < -0.39 is 0 Å². The van der Waals surface area contributed by atoms with Crippen molar-refractivity contribution in [1.82, 2.24) is 19.9 Å². The van der Waals surface area contributed by atoms with Crippen molar-refractivity contribution in [1.29, 1.82) is 0 Å². The molecule has 0 fully saturated rings. The first-order valence-electron chi connectivity index (χ1n) is 12.6. The molecule has 0 bridgehead atoms. The van der Waals surface area contributed by atoms with Crippen LogP contribution in [0.2, 0.25) is 0 Å². The van der Waals surface area contributed by atoms with E-state index in [0.717, 1.165) is 71.3 Å². The van der Waals surface area contributed by atoms with E-state index in [4.69, 9.17) is 9.97 Å². The largest absolute Gasteiger partial charge is 0.254 e. The van der Waals surface area contributed by atoms with Gasteiger partial charge in [-0.15, -0.1) is 0 Å². The van der Waals surface area contributed by atoms with Crippen LogP contribution in [0.15, 0.2) is 122 Å². The maximum atomic E-state index is 5.03. The monoisotopic (exact) mass is 484 g/mol. The molecule has 0 aliphatic rings. The van der Waals surface area contributed by atoms with Crippen molar-refractivity contribution < 1.29 is 0 Å². The molecular weight excluding hydrogens is 464 g/mol. The van der Waals surface area contributed by atoms with Gasteiger partial charge >= 0.3 is 0 Å². The van der Waals surface area contributed by atoms with Crippen molar-refractivity contribution in [3.05, 3.63) is 122 Å². The third-order valence-corrected chi connectivity index (χ3v) is 7.32. The Morgan fingerprint density at radius 2 is 1.03 bits per heavy atom. The molecule has 0 aliphatic carbocycles. The molecule has 0 N–H and O–H groups in total. The molecule has 176 valence electrons. The number of hydrogen-bond acceptors (Lipinski definition) is 4. The minimum Gasteiger partial charge on any atom is -0.254 e. The zero-order valence-corrected chi connectivity index (χ0v) is 20.3. The van der Waals surface area contributed by atoms with Gasteiger partial charge in [-0.05, 0) is 29.8 Å². The number of rotatable bonds is 2. The van der Waals surface area contributed by atoms with Gasteiger partial charge in [-0.25, -0.2) is 9.97 Å². The lowest BCUT2D eigenvalue weighted by Gasteiger charge is -2.13. The molecular formula is C34H20N4. The second-order valence-corrected chi connectivity index (χ2v) is 9.53. The van der Waals surface area contributed by atoms with Gasteiger partial charge in [0.25, 0.3) is 0 Å². The second kappa shape index (κ2) is 8.15. The van der Waals surface area contributed by atoms with E-state index in [1.54, 1.807) is 0 Å². The van der Waals surface area contributed by atoms with E-state index >= 15 is 0 Å². The fraction of sp³-hybridized carbons (Fsp3) is 0. The predicted molar refractivity (Wildman–Crippen MR) is 156 cm³/mol. The van der Waals surface area contributed by atoms with Crippen molar-refractivity contribution in [2.24, 2.45) is 0 Å². The van der Waals surface area contributed by atoms with Gasteiger partial charge in [0.1, 0.15) is 0 Å². The zero-order chi connectivity index (χ0) is 25.1. The molecule has 8 rings (SSSR count). The molecule has 4 nitrogen and oxygen atoms in total. The van der Waals surface area contributed by atoms with E-state index in [9.17, 15) is 0 Å². The van der Waals surface area contributed by atoms with Gasteiger partial charge in [-0.2, -0.15) is 0 Å². The Bertz CT molecular complexity index is 2180. The summed E-state index contributed by atoms with van der Waals surface area (Å²) in [5.74, 6) is 0. The Morgan fingerprint density at radius 1 is 0.395 bits per heavy atom. The fourth-order valence-corrected chi connectivity index (χ4v) is 5.50. The maximum Gasteiger partial charge on any atom is 0.0978 e. The summed E-state index contributed by atoms with van der Waals surface area (Å²) in [5.41, 5.74) is 8.99. The number of hydrogen-bond donors (Lipinski definition) is 0. The first-order chi connectivity index (χ1) is 18.8. The molecule has 0 unspecified atom stereocenters. The molecule has 0 saturated carbocycles. The van der Waals surface area contributed by atoms with Crippen molar-refractivity contribution in [2.45, 2.75) is 0 Å². The highest BCUT2D eigenvalue weighted by molar-refractivity contribution is 6.16. The van der Waals surface area contributed by atoms with Crippen molar-refractivity contribution >= 4 is 54.5 Å². The Balaban J connectivity index is 1.32. The van der Waals surface area contributed by atoms with Crippen LogP contribution in [-0.2, 0) is 0 Å². The molecule has 38 heavy (non-hydrogen) atoms. The van der Waals surface area contributed by atoms with Gasteiger partial charge in [0, 0.05) is 50.5 Å². The van der Waals surface area contributed by atoms with Gasteiger partial charge in [0.15, 0.2) is 0 Å². The first-order valence-corrected chi connectivity index (χ1v) is 12.6. The van der Waals surface area contributed by atoms with Crippen LogP contribution in [-0.4, -0.2) is 19.9 Å². The third kappa shape index (κ3) is 3.17. The third-order valence-electron chi connectivity index (χ3n) is 7.32. The van der Waals surface area contributed by atoms with Crippen LogP contribution in [0.25, 0.3) is 76.9 Å². The summed E-state index contributed by atoms with van der Waals surface area (Å²) < 4.78 is 0. The summed E-state index contributed by atoms with van der Waals surface area (Å²) in [4.78, 5) is 19.3. The van der Waals surface area contributed by atoms with Crippen molar-refractivity contribution in [3.63, 3.8) is 0 Å². The highest BCUT2D eigenvalue weighted by atomic mass is 14.8. The summed E-state index contributed by atoms with van der Waals surface area (Å²) in [6, 6.07) is 37.8. The topological polar surface area (TPSA) is 51.6 Å². The van der Waals surface area contributed by atoms with Crippen LogP contribution in [0.1, 0.15) is 0 Å². The van der Waals surface area contributed by atoms with Crippen molar-refractivity contribution in [3.8, 4) is 22.4 Å². The van der Waals surface area contributed by atoms with Crippen LogP contribution in [0.4, 0.5) is 0 Å². The molecule has 8 aromatic rings. The van der Waals surface area contributed by atoms with E-state index in [1.807, 2.05) is 30.6 Å². The summed E-state index contributed by atoms with van der Waals surface area (Å²) >= 11 is 0. The summed E-state index contributed by atoms with van der Waals surface area (Å²) in [5, 5.41) is 5.51. The lowest BCUT2D eigenvalue weighted by Crippen LogP contribution is -1.92. The van der Waals surface area contributed by atoms with Crippen LogP contribution in [0.3, 0.4) is 0 Å². The Hall–Kier alpha value is -5.22. The van der Waals surface area contributed by atoms with Gasteiger partial charge in [-0.1, -0.05) is 84.9 Å². The summed E-state index contributed by atoms with van der Waals surface area (Å²) in [6.45, 7) is 0.